The fourth-order valence-electron chi connectivity index (χ4n) is 3.20. The van der Waals surface area contributed by atoms with Gasteiger partial charge in [0.15, 0.2) is 11.5 Å². The summed E-state index contributed by atoms with van der Waals surface area (Å²) in [6.45, 7) is 4.92. The molecule has 1 fully saturated rings. The van der Waals surface area contributed by atoms with Crippen LogP contribution in [-0.2, 0) is 14.8 Å². The topological polar surface area (TPSA) is 106 Å². The molecule has 28 heavy (non-hydrogen) atoms. The van der Waals surface area contributed by atoms with Gasteiger partial charge in [-0.2, -0.15) is 0 Å². The quantitative estimate of drug-likeness (QED) is 0.619. The molecule has 2 atom stereocenters. The number of benzene rings is 1. The van der Waals surface area contributed by atoms with Gasteiger partial charge in [0, 0.05) is 31.5 Å². The third-order valence-electron chi connectivity index (χ3n) is 4.81. The zero-order chi connectivity index (χ0) is 19.3. The molecule has 158 valence electrons. The molecular weight excluding hydrogens is 406 g/mol. The fraction of sp³-hybridized carbons (Fsp3) is 0.611. The average molecular weight is 434 g/mol. The summed E-state index contributed by atoms with van der Waals surface area (Å²) < 4.78 is 38.5. The highest BCUT2D eigenvalue weighted by Gasteiger charge is 2.23. The first-order valence-corrected chi connectivity index (χ1v) is 10.8. The van der Waals surface area contributed by atoms with Crippen LogP contribution in [0.15, 0.2) is 23.1 Å². The molecule has 2 heterocycles. The Bertz CT molecular complexity index is 774. The van der Waals surface area contributed by atoms with Crippen LogP contribution in [0.2, 0.25) is 0 Å². The predicted molar refractivity (Wildman–Crippen MR) is 108 cm³/mol. The third-order valence-corrected chi connectivity index (χ3v) is 6.26. The standard InChI is InChI=1S/C18H27N3O5S.ClH/c1-13-12-19-7-5-15(13)21-18(22)6-8-20-27(23,24)14-3-4-16-17(11-14)26-10-2-9-25-16;/h3-4,11,13,15,19-20H,2,5-10,12H2,1H3,(H,21,22);1H. The van der Waals surface area contributed by atoms with Crippen molar-refractivity contribution in [2.75, 3.05) is 32.8 Å². The fourth-order valence-corrected chi connectivity index (χ4v) is 4.25. The number of hydrogen-bond donors (Lipinski definition) is 3. The Morgan fingerprint density at radius 3 is 2.75 bits per heavy atom. The Hall–Kier alpha value is -1.55. The molecule has 0 aliphatic carbocycles. The van der Waals surface area contributed by atoms with Crippen molar-refractivity contribution < 1.29 is 22.7 Å². The van der Waals surface area contributed by atoms with Crippen molar-refractivity contribution in [2.45, 2.75) is 37.1 Å². The zero-order valence-electron chi connectivity index (χ0n) is 15.9. The number of fused-ring (bicyclic) bond motifs is 1. The Morgan fingerprint density at radius 2 is 2.00 bits per heavy atom. The highest BCUT2D eigenvalue weighted by molar-refractivity contribution is 7.89. The maximum absolute atomic E-state index is 12.5. The number of piperidine rings is 1. The van der Waals surface area contributed by atoms with Crippen LogP contribution in [-0.4, -0.2) is 53.2 Å². The second-order valence-corrected chi connectivity index (χ2v) is 8.72. The lowest BCUT2D eigenvalue weighted by atomic mass is 9.95. The summed E-state index contributed by atoms with van der Waals surface area (Å²) >= 11 is 0. The Morgan fingerprint density at radius 1 is 1.25 bits per heavy atom. The number of ether oxygens (including phenoxy) is 2. The van der Waals surface area contributed by atoms with E-state index in [0.717, 1.165) is 25.9 Å². The number of nitrogens with one attached hydrogen (secondary N) is 3. The molecule has 3 N–H and O–H groups in total. The van der Waals surface area contributed by atoms with E-state index >= 15 is 0 Å². The molecule has 0 aromatic heterocycles. The van der Waals surface area contributed by atoms with Gasteiger partial charge in [-0.25, -0.2) is 13.1 Å². The van der Waals surface area contributed by atoms with Gasteiger partial charge in [-0.3, -0.25) is 4.79 Å². The number of amides is 1. The van der Waals surface area contributed by atoms with E-state index in [1.807, 2.05) is 0 Å². The van der Waals surface area contributed by atoms with Gasteiger partial charge in [0.25, 0.3) is 0 Å². The summed E-state index contributed by atoms with van der Waals surface area (Å²) in [6.07, 6.45) is 1.73. The molecule has 1 saturated heterocycles. The van der Waals surface area contributed by atoms with E-state index in [2.05, 4.69) is 22.3 Å². The van der Waals surface area contributed by atoms with Crippen LogP contribution in [0.4, 0.5) is 0 Å². The second kappa shape index (κ2) is 10.3. The van der Waals surface area contributed by atoms with Crippen LogP contribution >= 0.6 is 12.4 Å². The largest absolute Gasteiger partial charge is 0.490 e. The van der Waals surface area contributed by atoms with Crippen molar-refractivity contribution in [1.29, 1.82) is 0 Å². The van der Waals surface area contributed by atoms with E-state index in [9.17, 15) is 13.2 Å². The van der Waals surface area contributed by atoms with Gasteiger partial charge in [0.05, 0.1) is 18.1 Å². The number of carbonyl (C=O) groups excluding carboxylic acids is 1. The molecule has 8 nitrogen and oxygen atoms in total. The van der Waals surface area contributed by atoms with Gasteiger partial charge >= 0.3 is 0 Å². The zero-order valence-corrected chi connectivity index (χ0v) is 17.5. The van der Waals surface area contributed by atoms with E-state index in [4.69, 9.17) is 9.47 Å². The number of sulfonamides is 1. The highest BCUT2D eigenvalue weighted by Crippen LogP contribution is 2.31. The lowest BCUT2D eigenvalue weighted by Gasteiger charge is -2.30. The van der Waals surface area contributed by atoms with E-state index in [1.165, 1.54) is 12.1 Å². The molecule has 2 unspecified atom stereocenters. The minimum atomic E-state index is -3.72. The average Bonchev–Trinajstić information content (AvgIpc) is 2.88. The first kappa shape index (κ1) is 22.7. The Labute approximate surface area is 172 Å². The van der Waals surface area contributed by atoms with Crippen LogP contribution in [0.5, 0.6) is 11.5 Å². The number of rotatable bonds is 6. The summed E-state index contributed by atoms with van der Waals surface area (Å²) in [4.78, 5) is 12.2. The van der Waals surface area contributed by atoms with Crippen molar-refractivity contribution in [3.8, 4) is 11.5 Å². The Balaban J connectivity index is 0.00000280. The summed E-state index contributed by atoms with van der Waals surface area (Å²) in [5.41, 5.74) is 0. The number of hydrogen-bond acceptors (Lipinski definition) is 6. The first-order chi connectivity index (χ1) is 13.0. The van der Waals surface area contributed by atoms with E-state index in [0.29, 0.717) is 30.6 Å². The van der Waals surface area contributed by atoms with Crippen molar-refractivity contribution in [2.24, 2.45) is 5.92 Å². The van der Waals surface area contributed by atoms with Crippen LogP contribution < -0.4 is 24.8 Å². The molecule has 2 aliphatic heterocycles. The van der Waals surface area contributed by atoms with E-state index in [1.54, 1.807) is 6.07 Å². The molecule has 0 bridgehead atoms. The van der Waals surface area contributed by atoms with Crippen LogP contribution in [0.3, 0.4) is 0 Å². The molecule has 0 radical (unpaired) electrons. The SMILES string of the molecule is CC1CNCCC1NC(=O)CCNS(=O)(=O)c1ccc2c(c1)OCCCO2.Cl. The lowest BCUT2D eigenvalue weighted by molar-refractivity contribution is -0.122. The Kier molecular flexibility index (Phi) is 8.36. The molecule has 3 rings (SSSR count). The summed E-state index contributed by atoms with van der Waals surface area (Å²) in [7, 11) is -3.72. The molecule has 1 aromatic carbocycles. The minimum Gasteiger partial charge on any atom is -0.490 e. The molecule has 0 saturated carbocycles. The van der Waals surface area contributed by atoms with E-state index in [-0.39, 0.29) is 42.2 Å². The predicted octanol–water partition coefficient (Wildman–Crippen LogP) is 1.05. The van der Waals surface area contributed by atoms with Crippen molar-refractivity contribution >= 4 is 28.3 Å². The highest BCUT2D eigenvalue weighted by atomic mass is 35.5. The molecule has 2 aliphatic rings. The van der Waals surface area contributed by atoms with E-state index < -0.39 is 10.0 Å². The summed E-state index contributed by atoms with van der Waals surface area (Å²) in [5.74, 6) is 1.19. The van der Waals surface area contributed by atoms with Gasteiger partial charge in [0.1, 0.15) is 0 Å². The second-order valence-electron chi connectivity index (χ2n) is 6.95. The molecule has 1 amide bonds. The van der Waals surface area contributed by atoms with Gasteiger partial charge in [-0.05, 0) is 37.6 Å². The van der Waals surface area contributed by atoms with Gasteiger partial charge in [-0.15, -0.1) is 12.4 Å². The summed E-state index contributed by atoms with van der Waals surface area (Å²) in [6, 6.07) is 4.67. The smallest absolute Gasteiger partial charge is 0.240 e. The van der Waals surface area contributed by atoms with Crippen LogP contribution in [0.25, 0.3) is 0 Å². The number of carbonyl (C=O) groups is 1. The normalized spacial score (nSPS) is 21.9. The molecule has 0 spiro atoms. The van der Waals surface area contributed by atoms with Crippen LogP contribution in [0, 0.1) is 5.92 Å². The van der Waals surface area contributed by atoms with Gasteiger partial charge in [-0.1, -0.05) is 6.92 Å². The van der Waals surface area contributed by atoms with Crippen LogP contribution in [0.1, 0.15) is 26.2 Å². The van der Waals surface area contributed by atoms with Crippen molar-refractivity contribution in [3.05, 3.63) is 18.2 Å². The van der Waals surface area contributed by atoms with Gasteiger partial charge < -0.3 is 20.1 Å². The minimum absolute atomic E-state index is 0. The molecule has 1 aromatic rings. The number of halogens is 1. The lowest BCUT2D eigenvalue weighted by Crippen LogP contribution is -2.48. The van der Waals surface area contributed by atoms with Gasteiger partial charge in [0.2, 0.25) is 15.9 Å². The summed E-state index contributed by atoms with van der Waals surface area (Å²) in [5, 5.41) is 6.27. The maximum atomic E-state index is 12.5. The molecule has 10 heteroatoms. The maximum Gasteiger partial charge on any atom is 0.240 e. The van der Waals surface area contributed by atoms with Crippen molar-refractivity contribution in [1.82, 2.24) is 15.4 Å². The third kappa shape index (κ3) is 5.97. The monoisotopic (exact) mass is 433 g/mol. The van der Waals surface area contributed by atoms with Crippen molar-refractivity contribution in [3.63, 3.8) is 0 Å². The molecular formula is C18H28ClN3O5S. The first-order valence-electron chi connectivity index (χ1n) is 9.35.